The minimum absolute atomic E-state index is 0.00688. The lowest BCUT2D eigenvalue weighted by atomic mass is 9.53. The second-order valence-electron chi connectivity index (χ2n) is 7.91. The van der Waals surface area contributed by atoms with Crippen molar-refractivity contribution in [2.75, 3.05) is 0 Å². The first-order valence-electron chi connectivity index (χ1n) is 9.24. The van der Waals surface area contributed by atoms with Gasteiger partial charge in [-0.1, -0.05) is 26.2 Å². The van der Waals surface area contributed by atoms with Gasteiger partial charge < -0.3 is 5.11 Å². The number of rotatable bonds is 3. The van der Waals surface area contributed by atoms with Gasteiger partial charge in [-0.15, -0.1) is 0 Å². The third-order valence-electron chi connectivity index (χ3n) is 6.45. The number of aliphatic carboxylic acids is 1. The van der Waals surface area contributed by atoms with E-state index < -0.39 is 34.8 Å². The summed E-state index contributed by atoms with van der Waals surface area (Å²) in [5.41, 5.74) is -0.722. The lowest BCUT2D eigenvalue weighted by Gasteiger charge is -2.49. The van der Waals surface area contributed by atoms with E-state index in [1.54, 1.807) is 0 Å². The normalized spacial score (nSPS) is 31.0. The van der Waals surface area contributed by atoms with Crippen LogP contribution in [0.3, 0.4) is 0 Å². The van der Waals surface area contributed by atoms with Crippen LogP contribution in [0, 0.1) is 34.7 Å². The quantitative estimate of drug-likeness (QED) is 0.711. The summed E-state index contributed by atoms with van der Waals surface area (Å²) in [6.07, 6.45) is 6.64. The van der Waals surface area contributed by atoms with Crippen molar-refractivity contribution in [2.45, 2.75) is 64.2 Å². The number of benzene rings is 1. The van der Waals surface area contributed by atoms with Gasteiger partial charge in [0, 0.05) is 5.92 Å². The molecule has 0 heterocycles. The highest BCUT2D eigenvalue weighted by Crippen LogP contribution is 2.57. The van der Waals surface area contributed by atoms with E-state index in [0.717, 1.165) is 50.7 Å². The number of halogens is 3. The Labute approximate surface area is 146 Å². The SMILES string of the molecule is C[C@@H]1CC[C@@](C(=O)O)(C2CCCCC2)C(c2cc(F)c(F)c(F)c2)C1. The largest absolute Gasteiger partial charge is 0.481 e. The van der Waals surface area contributed by atoms with Gasteiger partial charge in [-0.3, -0.25) is 4.79 Å². The van der Waals surface area contributed by atoms with Gasteiger partial charge in [0.05, 0.1) is 5.41 Å². The van der Waals surface area contributed by atoms with Crippen LogP contribution in [0.5, 0.6) is 0 Å². The monoisotopic (exact) mass is 354 g/mol. The molecule has 1 unspecified atom stereocenters. The lowest BCUT2D eigenvalue weighted by molar-refractivity contribution is -0.159. The van der Waals surface area contributed by atoms with Crippen LogP contribution in [0.4, 0.5) is 13.2 Å². The third kappa shape index (κ3) is 3.18. The molecule has 2 aliphatic carbocycles. The van der Waals surface area contributed by atoms with Crippen molar-refractivity contribution in [3.05, 3.63) is 35.1 Å². The molecule has 0 saturated heterocycles. The molecule has 0 spiro atoms. The number of hydrogen-bond donors (Lipinski definition) is 1. The van der Waals surface area contributed by atoms with Gasteiger partial charge in [-0.2, -0.15) is 0 Å². The molecule has 1 N–H and O–H groups in total. The number of carboxylic acids is 1. The number of carboxylic acid groups (broad SMARTS) is 1. The predicted molar refractivity (Wildman–Crippen MR) is 88.7 cm³/mol. The van der Waals surface area contributed by atoms with Crippen molar-refractivity contribution in [2.24, 2.45) is 17.3 Å². The highest BCUT2D eigenvalue weighted by atomic mass is 19.2. The minimum Gasteiger partial charge on any atom is -0.481 e. The smallest absolute Gasteiger partial charge is 0.310 e. The molecule has 0 bridgehead atoms. The van der Waals surface area contributed by atoms with Crippen molar-refractivity contribution >= 4 is 5.97 Å². The fourth-order valence-corrected chi connectivity index (χ4v) is 5.14. The van der Waals surface area contributed by atoms with Gasteiger partial charge in [0.1, 0.15) is 0 Å². The zero-order valence-electron chi connectivity index (χ0n) is 14.5. The molecule has 2 aliphatic rings. The maximum atomic E-state index is 13.8. The molecule has 2 saturated carbocycles. The van der Waals surface area contributed by atoms with Crippen molar-refractivity contribution in [3.8, 4) is 0 Å². The Bertz CT molecular complexity index is 631. The average molecular weight is 354 g/mol. The van der Waals surface area contributed by atoms with E-state index in [1.807, 2.05) is 6.92 Å². The molecule has 3 atom stereocenters. The summed E-state index contributed by atoms with van der Waals surface area (Å²) in [5.74, 6) is -5.05. The molecule has 0 aliphatic heterocycles. The minimum atomic E-state index is -1.49. The first-order chi connectivity index (χ1) is 11.9. The van der Waals surface area contributed by atoms with Crippen LogP contribution in [-0.4, -0.2) is 11.1 Å². The van der Waals surface area contributed by atoms with Crippen LogP contribution >= 0.6 is 0 Å². The molecule has 138 valence electrons. The average Bonchev–Trinajstić information content (AvgIpc) is 2.60. The van der Waals surface area contributed by atoms with E-state index in [9.17, 15) is 23.1 Å². The van der Waals surface area contributed by atoms with Gasteiger partial charge in [0.15, 0.2) is 17.5 Å². The first-order valence-corrected chi connectivity index (χ1v) is 9.24. The maximum Gasteiger partial charge on any atom is 0.310 e. The van der Waals surface area contributed by atoms with E-state index in [2.05, 4.69) is 0 Å². The zero-order chi connectivity index (χ0) is 18.2. The van der Waals surface area contributed by atoms with Crippen molar-refractivity contribution in [1.29, 1.82) is 0 Å². The molecule has 3 rings (SSSR count). The highest BCUT2D eigenvalue weighted by Gasteiger charge is 2.54. The fraction of sp³-hybridized carbons (Fsp3) is 0.650. The summed E-state index contributed by atoms with van der Waals surface area (Å²) in [6, 6.07) is 2.00. The Morgan fingerprint density at radius 2 is 1.68 bits per heavy atom. The van der Waals surface area contributed by atoms with Gasteiger partial charge >= 0.3 is 5.97 Å². The lowest BCUT2D eigenvalue weighted by Crippen LogP contribution is -2.47. The van der Waals surface area contributed by atoms with Crippen molar-refractivity contribution < 1.29 is 23.1 Å². The fourth-order valence-electron chi connectivity index (χ4n) is 5.14. The summed E-state index contributed by atoms with van der Waals surface area (Å²) < 4.78 is 41.0. The van der Waals surface area contributed by atoms with Gasteiger partial charge in [0.25, 0.3) is 0 Å². The summed E-state index contributed by atoms with van der Waals surface area (Å²) in [6.45, 7) is 2.04. The van der Waals surface area contributed by atoms with E-state index in [-0.39, 0.29) is 17.4 Å². The summed E-state index contributed by atoms with van der Waals surface area (Å²) >= 11 is 0. The Hall–Kier alpha value is -1.52. The number of hydrogen-bond acceptors (Lipinski definition) is 1. The summed E-state index contributed by atoms with van der Waals surface area (Å²) in [4.78, 5) is 12.4. The van der Waals surface area contributed by atoms with Crippen LogP contribution in [0.2, 0.25) is 0 Å². The first kappa shape index (κ1) is 18.3. The molecular weight excluding hydrogens is 329 g/mol. The zero-order valence-corrected chi connectivity index (χ0v) is 14.5. The molecule has 0 radical (unpaired) electrons. The van der Waals surface area contributed by atoms with Crippen LogP contribution < -0.4 is 0 Å². The van der Waals surface area contributed by atoms with E-state index in [1.165, 1.54) is 0 Å². The molecule has 2 fully saturated rings. The van der Waals surface area contributed by atoms with E-state index in [0.29, 0.717) is 12.8 Å². The maximum absolute atomic E-state index is 13.8. The Balaban J connectivity index is 2.09. The van der Waals surface area contributed by atoms with E-state index >= 15 is 0 Å². The second-order valence-corrected chi connectivity index (χ2v) is 7.91. The van der Waals surface area contributed by atoms with Crippen molar-refractivity contribution in [3.63, 3.8) is 0 Å². The standard InChI is InChI=1S/C20H25F3O2/c1-12-7-8-20(19(24)25,14-5-3-2-4-6-14)15(9-12)13-10-16(21)18(23)17(22)11-13/h10-12,14-15H,2-9H2,1H3,(H,24,25)/t12-,15?,20-/m1/s1. The van der Waals surface area contributed by atoms with Crippen molar-refractivity contribution in [1.82, 2.24) is 0 Å². The topological polar surface area (TPSA) is 37.3 Å². The molecule has 1 aromatic carbocycles. The molecule has 1 aromatic rings. The highest BCUT2D eigenvalue weighted by molar-refractivity contribution is 5.77. The molecular formula is C20H25F3O2. The van der Waals surface area contributed by atoms with Gasteiger partial charge in [0.2, 0.25) is 0 Å². The van der Waals surface area contributed by atoms with Crippen LogP contribution in [0.15, 0.2) is 12.1 Å². The summed E-state index contributed by atoms with van der Waals surface area (Å²) in [7, 11) is 0. The second kappa shape index (κ2) is 7.00. The third-order valence-corrected chi connectivity index (χ3v) is 6.45. The van der Waals surface area contributed by atoms with E-state index in [4.69, 9.17) is 0 Å². The molecule has 5 heteroatoms. The molecule has 0 aromatic heterocycles. The molecule has 25 heavy (non-hydrogen) atoms. The summed E-state index contributed by atoms with van der Waals surface area (Å²) in [5, 5.41) is 10.2. The van der Waals surface area contributed by atoms with Crippen LogP contribution in [0.25, 0.3) is 0 Å². The molecule has 2 nitrogen and oxygen atoms in total. The predicted octanol–water partition coefficient (Wildman–Crippen LogP) is 5.66. The Morgan fingerprint density at radius 1 is 1.08 bits per heavy atom. The number of carbonyl (C=O) groups is 1. The molecule has 0 amide bonds. The Morgan fingerprint density at radius 3 is 2.24 bits per heavy atom. The van der Waals surface area contributed by atoms with Gasteiger partial charge in [-0.25, -0.2) is 13.2 Å². The Kier molecular flexibility index (Phi) is 5.12. The van der Waals surface area contributed by atoms with Crippen LogP contribution in [-0.2, 0) is 4.79 Å². The van der Waals surface area contributed by atoms with Gasteiger partial charge in [-0.05, 0) is 61.6 Å². The van der Waals surface area contributed by atoms with Crippen LogP contribution in [0.1, 0.15) is 69.8 Å².